The second-order valence-electron chi connectivity index (χ2n) is 5.38. The molecular weight excluding hydrogens is 224 g/mol. The van der Waals surface area contributed by atoms with Crippen LogP contribution in [0.15, 0.2) is 36.8 Å². The third kappa shape index (κ3) is 1.25. The number of nitrogens with zero attached hydrogens (tertiary/aromatic N) is 2. The Morgan fingerprint density at radius 3 is 2.94 bits per heavy atom. The van der Waals surface area contributed by atoms with E-state index in [0.29, 0.717) is 5.92 Å². The Labute approximate surface area is 106 Å². The standard InChI is InChI=1S/C15H16N2O/c18-14-7-3-6-12(14)15-11-5-2-1-4-10(11)13-8-16-9-17(13)15/h1-2,4-5,8-9,12,14-15,18H,3,6-7H2/t12-,14+,15+/m1/s1. The first-order valence-corrected chi connectivity index (χ1v) is 6.65. The van der Waals surface area contributed by atoms with Crippen LogP contribution in [0.5, 0.6) is 0 Å². The van der Waals surface area contributed by atoms with Crippen molar-refractivity contribution in [2.45, 2.75) is 31.4 Å². The number of benzene rings is 1. The van der Waals surface area contributed by atoms with E-state index in [-0.39, 0.29) is 12.1 Å². The maximum absolute atomic E-state index is 10.2. The van der Waals surface area contributed by atoms with Crippen LogP contribution in [0.4, 0.5) is 0 Å². The fraction of sp³-hybridized carbons (Fsp3) is 0.400. The van der Waals surface area contributed by atoms with Crippen molar-refractivity contribution >= 4 is 0 Å². The molecule has 4 rings (SSSR count). The molecule has 1 aromatic carbocycles. The molecule has 1 fully saturated rings. The number of fused-ring (bicyclic) bond motifs is 3. The largest absolute Gasteiger partial charge is 0.393 e. The Morgan fingerprint density at radius 1 is 1.22 bits per heavy atom. The van der Waals surface area contributed by atoms with E-state index >= 15 is 0 Å². The van der Waals surface area contributed by atoms with Crippen molar-refractivity contribution < 1.29 is 5.11 Å². The number of hydrogen-bond donors (Lipinski definition) is 1. The third-order valence-corrected chi connectivity index (χ3v) is 4.46. The quantitative estimate of drug-likeness (QED) is 0.832. The molecule has 2 heterocycles. The minimum atomic E-state index is -0.170. The van der Waals surface area contributed by atoms with E-state index in [2.05, 4.69) is 33.8 Å². The first-order chi connectivity index (χ1) is 8.86. The molecule has 18 heavy (non-hydrogen) atoms. The summed E-state index contributed by atoms with van der Waals surface area (Å²) in [5.41, 5.74) is 3.81. The zero-order chi connectivity index (χ0) is 12.1. The van der Waals surface area contributed by atoms with Crippen molar-refractivity contribution in [3.05, 3.63) is 42.4 Å². The summed E-state index contributed by atoms with van der Waals surface area (Å²) in [6.07, 6.45) is 6.85. The van der Waals surface area contributed by atoms with Gasteiger partial charge in [-0.1, -0.05) is 30.7 Å². The van der Waals surface area contributed by atoms with E-state index in [1.54, 1.807) is 0 Å². The molecule has 0 unspecified atom stereocenters. The van der Waals surface area contributed by atoms with Crippen LogP contribution in [0.2, 0.25) is 0 Å². The molecule has 1 aromatic heterocycles. The molecular formula is C15H16N2O. The molecule has 1 saturated carbocycles. The van der Waals surface area contributed by atoms with Gasteiger partial charge < -0.3 is 9.67 Å². The smallest absolute Gasteiger partial charge is 0.0956 e. The van der Waals surface area contributed by atoms with Crippen LogP contribution in [0.3, 0.4) is 0 Å². The summed E-state index contributed by atoms with van der Waals surface area (Å²) in [5.74, 6) is 0.335. The molecule has 2 aliphatic rings. The SMILES string of the molecule is O[C@H]1CCC[C@H]1[C@@H]1c2ccccc2-c2cncn21. The highest BCUT2D eigenvalue weighted by Gasteiger charge is 2.39. The summed E-state index contributed by atoms with van der Waals surface area (Å²) in [4.78, 5) is 4.27. The maximum atomic E-state index is 10.2. The van der Waals surface area contributed by atoms with E-state index in [1.165, 1.54) is 16.8 Å². The Bertz CT molecular complexity index is 590. The van der Waals surface area contributed by atoms with Gasteiger partial charge in [0.25, 0.3) is 0 Å². The highest BCUT2D eigenvalue weighted by atomic mass is 16.3. The van der Waals surface area contributed by atoms with Crippen LogP contribution in [0.25, 0.3) is 11.3 Å². The molecule has 1 aliphatic heterocycles. The lowest BCUT2D eigenvalue weighted by atomic mass is 9.90. The highest BCUT2D eigenvalue weighted by molar-refractivity contribution is 5.69. The molecule has 3 atom stereocenters. The van der Waals surface area contributed by atoms with Gasteiger partial charge in [0.15, 0.2) is 0 Å². The molecule has 0 spiro atoms. The molecule has 0 amide bonds. The first kappa shape index (κ1) is 10.3. The highest BCUT2D eigenvalue weighted by Crippen LogP contribution is 2.47. The topological polar surface area (TPSA) is 38.1 Å². The zero-order valence-electron chi connectivity index (χ0n) is 10.2. The summed E-state index contributed by atoms with van der Waals surface area (Å²) in [7, 11) is 0. The van der Waals surface area contributed by atoms with Gasteiger partial charge in [-0.3, -0.25) is 0 Å². The van der Waals surface area contributed by atoms with E-state index in [0.717, 1.165) is 19.3 Å². The van der Waals surface area contributed by atoms with Crippen LogP contribution in [-0.2, 0) is 0 Å². The van der Waals surface area contributed by atoms with E-state index in [1.807, 2.05) is 12.5 Å². The van der Waals surface area contributed by atoms with Crippen molar-refractivity contribution in [3.8, 4) is 11.3 Å². The second-order valence-corrected chi connectivity index (χ2v) is 5.38. The fourth-order valence-electron chi connectivity index (χ4n) is 3.65. The normalized spacial score (nSPS) is 29.3. The molecule has 0 radical (unpaired) electrons. The molecule has 92 valence electrons. The molecule has 1 N–H and O–H groups in total. The predicted octanol–water partition coefficient (Wildman–Crippen LogP) is 2.61. The van der Waals surface area contributed by atoms with Gasteiger partial charge in [0, 0.05) is 11.5 Å². The molecule has 0 saturated heterocycles. The minimum absolute atomic E-state index is 0.170. The van der Waals surface area contributed by atoms with E-state index in [9.17, 15) is 5.11 Å². The number of aliphatic hydroxyl groups excluding tert-OH is 1. The van der Waals surface area contributed by atoms with E-state index < -0.39 is 0 Å². The van der Waals surface area contributed by atoms with Gasteiger partial charge in [-0.05, 0) is 18.4 Å². The Hall–Kier alpha value is -1.61. The van der Waals surface area contributed by atoms with Crippen LogP contribution in [0.1, 0.15) is 30.9 Å². The lowest BCUT2D eigenvalue weighted by Crippen LogP contribution is -2.24. The minimum Gasteiger partial charge on any atom is -0.393 e. The van der Waals surface area contributed by atoms with Crippen molar-refractivity contribution in [2.75, 3.05) is 0 Å². The second kappa shape index (κ2) is 3.69. The number of imidazole rings is 1. The average molecular weight is 240 g/mol. The van der Waals surface area contributed by atoms with Gasteiger partial charge in [-0.25, -0.2) is 4.98 Å². The van der Waals surface area contributed by atoms with Gasteiger partial charge in [0.2, 0.25) is 0 Å². The van der Waals surface area contributed by atoms with Gasteiger partial charge in [-0.15, -0.1) is 0 Å². The lowest BCUT2D eigenvalue weighted by Gasteiger charge is -2.24. The third-order valence-electron chi connectivity index (χ3n) is 4.46. The van der Waals surface area contributed by atoms with Crippen LogP contribution >= 0.6 is 0 Å². The molecule has 2 aromatic rings. The van der Waals surface area contributed by atoms with Gasteiger partial charge >= 0.3 is 0 Å². The fourth-order valence-corrected chi connectivity index (χ4v) is 3.65. The lowest BCUT2D eigenvalue weighted by molar-refractivity contribution is 0.112. The van der Waals surface area contributed by atoms with Gasteiger partial charge in [-0.2, -0.15) is 0 Å². The van der Waals surface area contributed by atoms with E-state index in [4.69, 9.17) is 0 Å². The van der Waals surface area contributed by atoms with Crippen LogP contribution in [-0.4, -0.2) is 20.8 Å². The van der Waals surface area contributed by atoms with Crippen LogP contribution in [0, 0.1) is 5.92 Å². The predicted molar refractivity (Wildman–Crippen MR) is 69.1 cm³/mol. The van der Waals surface area contributed by atoms with Crippen LogP contribution < -0.4 is 0 Å². The molecule has 1 aliphatic carbocycles. The molecule has 3 heteroatoms. The Kier molecular flexibility index (Phi) is 2.12. The average Bonchev–Trinajstić information content (AvgIpc) is 3.05. The van der Waals surface area contributed by atoms with Crippen molar-refractivity contribution in [1.82, 2.24) is 9.55 Å². The Morgan fingerprint density at radius 2 is 2.11 bits per heavy atom. The number of aromatic nitrogens is 2. The maximum Gasteiger partial charge on any atom is 0.0956 e. The summed E-state index contributed by atoms with van der Waals surface area (Å²) in [5, 5.41) is 10.2. The van der Waals surface area contributed by atoms with Crippen molar-refractivity contribution in [3.63, 3.8) is 0 Å². The van der Waals surface area contributed by atoms with Gasteiger partial charge in [0.1, 0.15) is 0 Å². The number of hydrogen-bond acceptors (Lipinski definition) is 2. The first-order valence-electron chi connectivity index (χ1n) is 6.65. The number of aliphatic hydroxyl groups is 1. The van der Waals surface area contributed by atoms with Crippen molar-refractivity contribution in [2.24, 2.45) is 5.92 Å². The zero-order valence-corrected chi connectivity index (χ0v) is 10.2. The summed E-state index contributed by atoms with van der Waals surface area (Å²) in [6.45, 7) is 0. The Balaban J connectivity index is 1.89. The monoisotopic (exact) mass is 240 g/mol. The summed E-state index contributed by atoms with van der Waals surface area (Å²) in [6, 6.07) is 8.79. The van der Waals surface area contributed by atoms with Gasteiger partial charge in [0.05, 0.1) is 30.4 Å². The molecule has 0 bridgehead atoms. The van der Waals surface area contributed by atoms with Crippen molar-refractivity contribution in [1.29, 1.82) is 0 Å². The summed E-state index contributed by atoms with van der Waals surface area (Å²) < 4.78 is 2.24. The number of rotatable bonds is 1. The molecule has 3 nitrogen and oxygen atoms in total. The summed E-state index contributed by atoms with van der Waals surface area (Å²) >= 11 is 0.